The Morgan fingerprint density at radius 2 is 1.86 bits per heavy atom. The minimum Gasteiger partial charge on any atom is -0.481 e. The third-order valence-electron chi connectivity index (χ3n) is 3.19. The number of hydrazine groups is 1. The van der Waals surface area contributed by atoms with E-state index in [-0.39, 0.29) is 6.04 Å². The van der Waals surface area contributed by atoms with Crippen LogP contribution in [0.2, 0.25) is 0 Å². The molecular formula is C15H17F2N3O. The van der Waals surface area contributed by atoms with Crippen molar-refractivity contribution in [1.82, 2.24) is 10.4 Å². The number of pyridine rings is 1. The molecule has 6 heteroatoms. The van der Waals surface area contributed by atoms with Crippen molar-refractivity contribution in [2.24, 2.45) is 5.84 Å². The van der Waals surface area contributed by atoms with Gasteiger partial charge >= 0.3 is 0 Å². The number of halogens is 2. The zero-order chi connectivity index (χ0) is 15.2. The summed E-state index contributed by atoms with van der Waals surface area (Å²) in [4.78, 5) is 4.12. The molecule has 1 aromatic carbocycles. The highest BCUT2D eigenvalue weighted by atomic mass is 19.2. The van der Waals surface area contributed by atoms with E-state index < -0.39 is 11.6 Å². The molecule has 4 nitrogen and oxygen atoms in total. The molecule has 1 heterocycles. The number of aromatic nitrogens is 1. The number of rotatable bonds is 6. The summed E-state index contributed by atoms with van der Waals surface area (Å²) in [6.07, 6.45) is 2.81. The zero-order valence-corrected chi connectivity index (χ0v) is 11.6. The average Bonchev–Trinajstić information content (AvgIpc) is 2.51. The van der Waals surface area contributed by atoms with E-state index in [2.05, 4.69) is 10.4 Å². The number of ether oxygens (including phenoxy) is 1. The van der Waals surface area contributed by atoms with Gasteiger partial charge in [0.25, 0.3) is 0 Å². The van der Waals surface area contributed by atoms with Crippen LogP contribution in [0.4, 0.5) is 8.78 Å². The van der Waals surface area contributed by atoms with Gasteiger partial charge in [-0.15, -0.1) is 0 Å². The summed E-state index contributed by atoms with van der Waals surface area (Å²) < 4.78 is 31.1. The van der Waals surface area contributed by atoms with E-state index in [0.717, 1.165) is 11.6 Å². The van der Waals surface area contributed by atoms with Gasteiger partial charge in [-0.25, -0.2) is 13.8 Å². The molecule has 0 bridgehead atoms. The summed E-state index contributed by atoms with van der Waals surface area (Å²) in [7, 11) is 1.55. The Kier molecular flexibility index (Phi) is 5.19. The summed E-state index contributed by atoms with van der Waals surface area (Å²) in [6, 6.07) is 7.40. The van der Waals surface area contributed by atoms with Gasteiger partial charge < -0.3 is 4.74 Å². The highest BCUT2D eigenvalue weighted by Gasteiger charge is 2.11. The van der Waals surface area contributed by atoms with Crippen molar-refractivity contribution in [2.75, 3.05) is 7.11 Å². The smallest absolute Gasteiger partial charge is 0.212 e. The van der Waals surface area contributed by atoms with Crippen LogP contribution >= 0.6 is 0 Å². The number of methoxy groups -OCH3 is 1. The summed E-state index contributed by atoms with van der Waals surface area (Å²) in [5.74, 6) is 4.36. The number of nitrogens with zero attached hydrogens (tertiary/aromatic N) is 1. The van der Waals surface area contributed by atoms with Crippen LogP contribution in [-0.2, 0) is 12.8 Å². The van der Waals surface area contributed by atoms with E-state index in [1.807, 2.05) is 6.07 Å². The third kappa shape index (κ3) is 4.21. The lowest BCUT2D eigenvalue weighted by Gasteiger charge is -2.16. The Morgan fingerprint density at radius 1 is 1.14 bits per heavy atom. The second kappa shape index (κ2) is 7.10. The van der Waals surface area contributed by atoms with Gasteiger partial charge in [-0.3, -0.25) is 11.3 Å². The SMILES string of the molecule is COc1ccc(CC(Cc2ccc(F)c(F)c2)NN)cn1. The Bertz CT molecular complexity index is 590. The van der Waals surface area contributed by atoms with E-state index >= 15 is 0 Å². The van der Waals surface area contributed by atoms with Crippen molar-refractivity contribution in [3.05, 3.63) is 59.3 Å². The van der Waals surface area contributed by atoms with Crippen molar-refractivity contribution in [3.8, 4) is 5.88 Å². The van der Waals surface area contributed by atoms with Crippen LogP contribution in [0.3, 0.4) is 0 Å². The molecule has 0 aliphatic carbocycles. The van der Waals surface area contributed by atoms with Gasteiger partial charge in [0.2, 0.25) is 5.88 Å². The van der Waals surface area contributed by atoms with Crippen LogP contribution in [0.15, 0.2) is 36.5 Å². The molecule has 0 aliphatic heterocycles. The van der Waals surface area contributed by atoms with E-state index in [1.165, 1.54) is 6.07 Å². The molecule has 0 radical (unpaired) electrons. The first-order valence-corrected chi connectivity index (χ1v) is 6.51. The Morgan fingerprint density at radius 3 is 2.43 bits per heavy atom. The van der Waals surface area contributed by atoms with Gasteiger partial charge in [-0.2, -0.15) is 0 Å². The van der Waals surface area contributed by atoms with Crippen LogP contribution < -0.4 is 16.0 Å². The number of hydrogen-bond acceptors (Lipinski definition) is 4. The number of nitrogens with one attached hydrogen (secondary N) is 1. The molecule has 0 saturated carbocycles. The molecule has 0 amide bonds. The monoisotopic (exact) mass is 293 g/mol. The second-order valence-electron chi connectivity index (χ2n) is 4.73. The molecule has 3 N–H and O–H groups in total. The molecule has 0 aliphatic rings. The molecule has 0 spiro atoms. The number of hydrogen-bond donors (Lipinski definition) is 2. The lowest BCUT2D eigenvalue weighted by atomic mass is 10.0. The van der Waals surface area contributed by atoms with E-state index in [0.29, 0.717) is 24.3 Å². The first-order chi connectivity index (χ1) is 10.1. The van der Waals surface area contributed by atoms with Crippen molar-refractivity contribution >= 4 is 0 Å². The van der Waals surface area contributed by atoms with E-state index in [4.69, 9.17) is 10.6 Å². The first kappa shape index (κ1) is 15.3. The second-order valence-corrected chi connectivity index (χ2v) is 4.73. The van der Waals surface area contributed by atoms with E-state index in [9.17, 15) is 8.78 Å². The Hall–Kier alpha value is -2.05. The Balaban J connectivity index is 2.03. The van der Waals surface area contributed by atoms with Gasteiger partial charge in [0.1, 0.15) is 0 Å². The maximum atomic E-state index is 13.2. The van der Waals surface area contributed by atoms with Gasteiger partial charge in [0.15, 0.2) is 11.6 Å². The largest absolute Gasteiger partial charge is 0.481 e. The fourth-order valence-electron chi connectivity index (χ4n) is 2.08. The fraction of sp³-hybridized carbons (Fsp3) is 0.267. The van der Waals surface area contributed by atoms with Crippen molar-refractivity contribution in [3.63, 3.8) is 0 Å². The molecule has 0 fully saturated rings. The van der Waals surface area contributed by atoms with Crippen LogP contribution in [0.1, 0.15) is 11.1 Å². The van der Waals surface area contributed by atoms with Crippen molar-refractivity contribution < 1.29 is 13.5 Å². The number of nitrogens with two attached hydrogens (primary N) is 1. The molecule has 0 saturated heterocycles. The standard InChI is InChI=1S/C15H17F2N3O/c1-21-15-5-3-11(9-19-15)7-12(20-18)6-10-2-4-13(16)14(17)8-10/h2-5,8-9,12,20H,6-7,18H2,1H3. The van der Waals surface area contributed by atoms with Crippen LogP contribution in [-0.4, -0.2) is 18.1 Å². The average molecular weight is 293 g/mol. The van der Waals surface area contributed by atoms with E-state index in [1.54, 1.807) is 25.4 Å². The molecule has 1 aromatic heterocycles. The maximum absolute atomic E-state index is 13.2. The Labute approximate surface area is 121 Å². The van der Waals surface area contributed by atoms with Crippen LogP contribution in [0.5, 0.6) is 5.88 Å². The normalized spacial score (nSPS) is 12.2. The summed E-state index contributed by atoms with van der Waals surface area (Å²) >= 11 is 0. The highest BCUT2D eigenvalue weighted by molar-refractivity contribution is 5.21. The third-order valence-corrected chi connectivity index (χ3v) is 3.19. The molecular weight excluding hydrogens is 276 g/mol. The van der Waals surface area contributed by atoms with Gasteiger partial charge in [0.05, 0.1) is 7.11 Å². The molecule has 2 aromatic rings. The summed E-state index contributed by atoms with van der Waals surface area (Å²) in [6.45, 7) is 0. The van der Waals surface area contributed by atoms with Crippen LogP contribution in [0, 0.1) is 11.6 Å². The summed E-state index contributed by atoms with van der Waals surface area (Å²) in [5.41, 5.74) is 4.34. The van der Waals surface area contributed by atoms with Gasteiger partial charge in [0, 0.05) is 18.3 Å². The lowest BCUT2D eigenvalue weighted by Crippen LogP contribution is -2.38. The molecule has 21 heavy (non-hydrogen) atoms. The minimum absolute atomic E-state index is 0.106. The molecule has 2 rings (SSSR count). The van der Waals surface area contributed by atoms with Crippen molar-refractivity contribution in [2.45, 2.75) is 18.9 Å². The minimum atomic E-state index is -0.852. The molecule has 112 valence electrons. The van der Waals surface area contributed by atoms with Crippen LogP contribution in [0.25, 0.3) is 0 Å². The first-order valence-electron chi connectivity index (χ1n) is 6.51. The predicted molar refractivity (Wildman–Crippen MR) is 75.7 cm³/mol. The summed E-state index contributed by atoms with van der Waals surface area (Å²) in [5, 5.41) is 0. The topological polar surface area (TPSA) is 60.2 Å². The highest BCUT2D eigenvalue weighted by Crippen LogP contribution is 2.13. The number of benzene rings is 1. The quantitative estimate of drug-likeness (QED) is 0.631. The fourth-order valence-corrected chi connectivity index (χ4v) is 2.08. The molecule has 1 unspecified atom stereocenters. The lowest BCUT2D eigenvalue weighted by molar-refractivity contribution is 0.397. The molecule has 1 atom stereocenters. The van der Waals surface area contributed by atoms with Gasteiger partial charge in [-0.1, -0.05) is 12.1 Å². The van der Waals surface area contributed by atoms with Gasteiger partial charge in [-0.05, 0) is 36.1 Å². The van der Waals surface area contributed by atoms with Crippen molar-refractivity contribution in [1.29, 1.82) is 0 Å². The predicted octanol–water partition coefficient (Wildman–Crippen LogP) is 1.99. The maximum Gasteiger partial charge on any atom is 0.212 e. The zero-order valence-electron chi connectivity index (χ0n) is 11.6.